The van der Waals surface area contributed by atoms with Crippen molar-refractivity contribution in [2.75, 3.05) is 23.8 Å². The van der Waals surface area contributed by atoms with E-state index in [1.165, 1.54) is 0 Å². The standard InChI is InChI=1S/C23H22N2O4/c1-2-28-23(27)24-18-11-8-12-19(15-18)29-16-22(26)25-21-14-7-6-13-20(21)17-9-4-3-5-10-17/h3-15H,2,16H2,1H3,(H,24,27)(H,25,26). The predicted molar refractivity (Wildman–Crippen MR) is 113 cm³/mol. The summed E-state index contributed by atoms with van der Waals surface area (Å²) in [7, 11) is 0. The number of rotatable bonds is 7. The van der Waals surface area contributed by atoms with Crippen LogP contribution in [0.5, 0.6) is 5.75 Å². The molecule has 0 spiro atoms. The molecule has 0 fully saturated rings. The van der Waals surface area contributed by atoms with Crippen LogP contribution >= 0.6 is 0 Å². The summed E-state index contributed by atoms with van der Waals surface area (Å²) in [5.74, 6) is 0.183. The second-order valence-corrected chi connectivity index (χ2v) is 6.12. The van der Waals surface area contributed by atoms with Crippen molar-refractivity contribution < 1.29 is 19.1 Å². The minimum absolute atomic E-state index is 0.161. The van der Waals surface area contributed by atoms with Gasteiger partial charge in [-0.1, -0.05) is 54.6 Å². The Hall–Kier alpha value is -3.80. The summed E-state index contributed by atoms with van der Waals surface area (Å²) in [4.78, 5) is 23.9. The second-order valence-electron chi connectivity index (χ2n) is 6.12. The minimum atomic E-state index is -0.542. The highest BCUT2D eigenvalue weighted by molar-refractivity contribution is 5.96. The van der Waals surface area contributed by atoms with Crippen molar-refractivity contribution in [2.45, 2.75) is 6.92 Å². The molecule has 0 radical (unpaired) electrons. The molecule has 0 bridgehead atoms. The number of para-hydroxylation sites is 1. The molecule has 0 saturated heterocycles. The summed E-state index contributed by atoms with van der Waals surface area (Å²) in [6.45, 7) is 1.85. The fourth-order valence-electron chi connectivity index (χ4n) is 2.75. The Morgan fingerprint density at radius 3 is 2.41 bits per heavy atom. The van der Waals surface area contributed by atoms with Crippen molar-refractivity contribution in [1.29, 1.82) is 0 Å². The topological polar surface area (TPSA) is 76.7 Å². The molecule has 0 unspecified atom stereocenters. The molecule has 3 rings (SSSR count). The van der Waals surface area contributed by atoms with Gasteiger partial charge >= 0.3 is 6.09 Å². The lowest BCUT2D eigenvalue weighted by atomic mass is 10.0. The molecule has 2 amide bonds. The van der Waals surface area contributed by atoms with Crippen LogP contribution in [-0.2, 0) is 9.53 Å². The molecular weight excluding hydrogens is 368 g/mol. The first-order chi connectivity index (χ1) is 14.2. The van der Waals surface area contributed by atoms with E-state index < -0.39 is 6.09 Å². The number of amides is 2. The zero-order valence-electron chi connectivity index (χ0n) is 16.1. The zero-order chi connectivity index (χ0) is 20.5. The summed E-state index contributed by atoms with van der Waals surface area (Å²) in [5, 5.41) is 5.48. The predicted octanol–water partition coefficient (Wildman–Crippen LogP) is 4.94. The SMILES string of the molecule is CCOC(=O)Nc1cccc(OCC(=O)Nc2ccccc2-c2ccccc2)c1. The number of carbonyl (C=O) groups is 2. The molecule has 3 aromatic carbocycles. The van der Waals surface area contributed by atoms with Crippen molar-refractivity contribution in [2.24, 2.45) is 0 Å². The monoisotopic (exact) mass is 390 g/mol. The third kappa shape index (κ3) is 5.84. The summed E-state index contributed by atoms with van der Waals surface area (Å²) in [6.07, 6.45) is -0.542. The van der Waals surface area contributed by atoms with Crippen molar-refractivity contribution in [1.82, 2.24) is 0 Å². The first-order valence-electron chi connectivity index (χ1n) is 9.26. The van der Waals surface area contributed by atoms with E-state index in [-0.39, 0.29) is 19.1 Å². The number of ether oxygens (including phenoxy) is 2. The molecule has 0 heterocycles. The Morgan fingerprint density at radius 2 is 1.62 bits per heavy atom. The van der Waals surface area contributed by atoms with Gasteiger partial charge in [0.25, 0.3) is 5.91 Å². The number of benzene rings is 3. The maximum absolute atomic E-state index is 12.4. The van der Waals surface area contributed by atoms with Crippen LogP contribution in [0.3, 0.4) is 0 Å². The second kappa shape index (κ2) is 9.94. The molecule has 6 nitrogen and oxygen atoms in total. The van der Waals surface area contributed by atoms with Crippen LogP contribution in [0.25, 0.3) is 11.1 Å². The molecular formula is C23H22N2O4. The fourth-order valence-corrected chi connectivity index (χ4v) is 2.75. The normalized spacial score (nSPS) is 10.1. The Labute approximate surface area is 169 Å². The smallest absolute Gasteiger partial charge is 0.411 e. The van der Waals surface area contributed by atoms with Crippen LogP contribution in [0.15, 0.2) is 78.9 Å². The van der Waals surface area contributed by atoms with Gasteiger partial charge in [0, 0.05) is 23.0 Å². The van der Waals surface area contributed by atoms with Gasteiger partial charge in [0.1, 0.15) is 5.75 Å². The van der Waals surface area contributed by atoms with Gasteiger partial charge in [-0.2, -0.15) is 0 Å². The first-order valence-corrected chi connectivity index (χ1v) is 9.26. The van der Waals surface area contributed by atoms with Gasteiger partial charge in [-0.25, -0.2) is 4.79 Å². The van der Waals surface area contributed by atoms with Crippen molar-refractivity contribution in [3.8, 4) is 16.9 Å². The number of nitrogens with one attached hydrogen (secondary N) is 2. The fraction of sp³-hybridized carbons (Fsp3) is 0.130. The molecule has 148 valence electrons. The molecule has 0 aliphatic rings. The van der Waals surface area contributed by atoms with Crippen LogP contribution in [0.2, 0.25) is 0 Å². The van der Waals surface area contributed by atoms with E-state index in [9.17, 15) is 9.59 Å². The molecule has 29 heavy (non-hydrogen) atoms. The Morgan fingerprint density at radius 1 is 0.862 bits per heavy atom. The van der Waals surface area contributed by atoms with E-state index in [1.807, 2.05) is 54.6 Å². The Balaban J connectivity index is 1.61. The van der Waals surface area contributed by atoms with Crippen LogP contribution in [0.1, 0.15) is 6.92 Å². The Kier molecular flexibility index (Phi) is 6.84. The number of anilines is 2. The van der Waals surface area contributed by atoms with E-state index in [1.54, 1.807) is 31.2 Å². The first kappa shape index (κ1) is 19.9. The van der Waals surface area contributed by atoms with E-state index in [2.05, 4.69) is 10.6 Å². The summed E-state index contributed by atoms with van der Waals surface area (Å²) >= 11 is 0. The van der Waals surface area contributed by atoms with E-state index >= 15 is 0 Å². The number of hydrogen-bond donors (Lipinski definition) is 2. The lowest BCUT2D eigenvalue weighted by Crippen LogP contribution is -2.20. The molecule has 3 aromatic rings. The molecule has 0 atom stereocenters. The quantitative estimate of drug-likeness (QED) is 0.599. The van der Waals surface area contributed by atoms with Gasteiger partial charge in [0.05, 0.1) is 6.61 Å². The minimum Gasteiger partial charge on any atom is -0.484 e. The molecule has 0 aromatic heterocycles. The van der Waals surface area contributed by atoms with Crippen LogP contribution in [0, 0.1) is 0 Å². The molecule has 6 heteroatoms. The third-order valence-electron chi connectivity index (χ3n) is 4.01. The van der Waals surface area contributed by atoms with Gasteiger partial charge in [-0.15, -0.1) is 0 Å². The van der Waals surface area contributed by atoms with E-state index in [0.717, 1.165) is 11.1 Å². The van der Waals surface area contributed by atoms with Gasteiger partial charge in [-0.05, 0) is 30.7 Å². The summed E-state index contributed by atoms with van der Waals surface area (Å²) in [6, 6.07) is 24.2. The highest BCUT2D eigenvalue weighted by Crippen LogP contribution is 2.27. The summed E-state index contributed by atoms with van der Waals surface area (Å²) in [5.41, 5.74) is 3.19. The van der Waals surface area contributed by atoms with Crippen molar-refractivity contribution >= 4 is 23.4 Å². The molecule has 0 saturated carbocycles. The molecule has 0 aliphatic carbocycles. The lowest BCUT2D eigenvalue weighted by molar-refractivity contribution is -0.118. The highest BCUT2D eigenvalue weighted by Gasteiger charge is 2.09. The van der Waals surface area contributed by atoms with E-state index in [4.69, 9.17) is 9.47 Å². The van der Waals surface area contributed by atoms with Crippen molar-refractivity contribution in [3.05, 3.63) is 78.9 Å². The lowest BCUT2D eigenvalue weighted by Gasteiger charge is -2.12. The van der Waals surface area contributed by atoms with Gasteiger partial charge < -0.3 is 14.8 Å². The zero-order valence-corrected chi connectivity index (χ0v) is 16.1. The molecule has 0 aliphatic heterocycles. The average Bonchev–Trinajstić information content (AvgIpc) is 2.74. The Bertz CT molecular complexity index is 973. The van der Waals surface area contributed by atoms with Crippen molar-refractivity contribution in [3.63, 3.8) is 0 Å². The number of carbonyl (C=O) groups excluding carboxylic acids is 2. The average molecular weight is 390 g/mol. The van der Waals surface area contributed by atoms with Gasteiger partial charge in [0.15, 0.2) is 6.61 Å². The highest BCUT2D eigenvalue weighted by atomic mass is 16.5. The third-order valence-corrected chi connectivity index (χ3v) is 4.01. The maximum Gasteiger partial charge on any atom is 0.411 e. The van der Waals surface area contributed by atoms with Crippen LogP contribution < -0.4 is 15.4 Å². The van der Waals surface area contributed by atoms with Crippen LogP contribution in [0.4, 0.5) is 16.2 Å². The van der Waals surface area contributed by atoms with Gasteiger partial charge in [0.2, 0.25) is 0 Å². The number of hydrogen-bond acceptors (Lipinski definition) is 4. The molecule has 2 N–H and O–H groups in total. The van der Waals surface area contributed by atoms with Gasteiger partial charge in [-0.3, -0.25) is 10.1 Å². The van der Waals surface area contributed by atoms with E-state index in [0.29, 0.717) is 17.1 Å². The van der Waals surface area contributed by atoms with Crippen LogP contribution in [-0.4, -0.2) is 25.2 Å². The summed E-state index contributed by atoms with van der Waals surface area (Å²) < 4.78 is 10.4. The maximum atomic E-state index is 12.4. The largest absolute Gasteiger partial charge is 0.484 e.